The van der Waals surface area contributed by atoms with Crippen molar-refractivity contribution >= 4 is 11.7 Å². The highest BCUT2D eigenvalue weighted by Gasteiger charge is 2.25. The first-order valence-corrected chi connectivity index (χ1v) is 8.47. The number of primary amides is 1. The van der Waals surface area contributed by atoms with Gasteiger partial charge in [-0.05, 0) is 19.4 Å². The van der Waals surface area contributed by atoms with Gasteiger partial charge in [-0.1, -0.05) is 43.3 Å². The fourth-order valence-electron chi connectivity index (χ4n) is 2.91. The molecule has 0 fully saturated rings. The third-order valence-electron chi connectivity index (χ3n) is 4.16. The zero-order chi connectivity index (χ0) is 19.3. The van der Waals surface area contributed by atoms with Gasteiger partial charge in [0.25, 0.3) is 0 Å². The van der Waals surface area contributed by atoms with Gasteiger partial charge in [-0.2, -0.15) is 0 Å². The predicted molar refractivity (Wildman–Crippen MR) is 99.9 cm³/mol. The van der Waals surface area contributed by atoms with E-state index in [4.69, 9.17) is 5.73 Å². The number of nitrogens with two attached hydrogens (primary N) is 1. The molecule has 1 amide bonds. The van der Waals surface area contributed by atoms with E-state index in [1.165, 1.54) is 18.2 Å². The molecule has 0 saturated heterocycles. The Kier molecular flexibility index (Phi) is 6.58. The highest BCUT2D eigenvalue weighted by Crippen LogP contribution is 2.27. The van der Waals surface area contributed by atoms with Crippen LogP contribution in [0.15, 0.2) is 42.5 Å². The van der Waals surface area contributed by atoms with Crippen LogP contribution in [0.2, 0.25) is 0 Å². The minimum atomic E-state index is -0.903. The number of carbonyl (C=O) groups is 2. The van der Waals surface area contributed by atoms with E-state index in [1.54, 1.807) is 25.1 Å². The monoisotopic (exact) mass is 364 g/mol. The molecule has 0 aliphatic carbocycles. The van der Waals surface area contributed by atoms with Crippen LogP contribution in [-0.4, -0.2) is 17.7 Å². The Balaban J connectivity index is 0.00000364. The molecule has 2 rings (SSSR count). The zero-order valence-electron chi connectivity index (χ0n) is 14.8. The summed E-state index contributed by atoms with van der Waals surface area (Å²) in [5.41, 5.74) is 5.01. The minimum Gasteiger partial charge on any atom is -0.370 e. The average Bonchev–Trinajstić information content (AvgIpc) is 2.60. The molecule has 142 valence electrons. The fourth-order valence-corrected chi connectivity index (χ4v) is 2.91. The highest BCUT2D eigenvalue weighted by molar-refractivity contribution is 6.09. The topological polar surface area (TPSA) is 72.2 Å². The molecule has 0 radical (unpaired) electrons. The number of amides is 1. The lowest BCUT2D eigenvalue weighted by Gasteiger charge is -2.23. The first-order chi connectivity index (χ1) is 12.3. The lowest BCUT2D eigenvalue weighted by Crippen LogP contribution is -2.34. The van der Waals surface area contributed by atoms with Crippen LogP contribution in [0.5, 0.6) is 0 Å². The van der Waals surface area contributed by atoms with Crippen molar-refractivity contribution in [1.82, 2.24) is 5.32 Å². The number of nitrogens with one attached hydrogen (secondary N) is 1. The quantitative estimate of drug-likeness (QED) is 0.696. The molecule has 0 bridgehead atoms. The molecule has 0 aliphatic rings. The SMILES string of the molecule is CC[C@@H](N[C@@H](C)CC(N)=O)c1ccc(F)c(C(=O)c2ccccc2)c1F.[HH].[HH]. The Labute approximate surface area is 154 Å². The van der Waals surface area contributed by atoms with Crippen LogP contribution in [0.4, 0.5) is 8.78 Å². The van der Waals surface area contributed by atoms with Crippen LogP contribution in [0, 0.1) is 11.6 Å². The summed E-state index contributed by atoms with van der Waals surface area (Å²) in [6, 6.07) is 9.67. The predicted octanol–water partition coefficient (Wildman–Crippen LogP) is 3.99. The zero-order valence-corrected chi connectivity index (χ0v) is 14.8. The maximum Gasteiger partial charge on any atom is 0.218 e. The molecule has 3 N–H and O–H groups in total. The van der Waals surface area contributed by atoms with E-state index in [2.05, 4.69) is 5.32 Å². The standard InChI is InChI=1S/C20H22F2N2O2.2H2/c1-3-16(24-12(2)11-17(23)25)14-9-10-15(21)18(19(14)22)20(26)13-7-5-4-6-8-13;;/h4-10,12,16,24H,3,11H2,1-2H3,(H2,23,25);2*1H/t12-,16+;;/m0../s1. The van der Waals surface area contributed by atoms with Crippen molar-refractivity contribution in [3.8, 4) is 0 Å². The van der Waals surface area contributed by atoms with Crippen LogP contribution in [-0.2, 0) is 4.79 Å². The molecule has 2 aromatic carbocycles. The van der Waals surface area contributed by atoms with Crippen molar-refractivity contribution in [2.75, 3.05) is 0 Å². The van der Waals surface area contributed by atoms with E-state index in [1.807, 2.05) is 6.92 Å². The van der Waals surface area contributed by atoms with E-state index >= 15 is 4.39 Å². The van der Waals surface area contributed by atoms with Gasteiger partial charge in [-0.3, -0.25) is 9.59 Å². The van der Waals surface area contributed by atoms with E-state index < -0.39 is 34.9 Å². The van der Waals surface area contributed by atoms with Gasteiger partial charge in [0.1, 0.15) is 11.6 Å². The van der Waals surface area contributed by atoms with E-state index in [0.29, 0.717) is 6.42 Å². The third-order valence-corrected chi connectivity index (χ3v) is 4.16. The molecular formula is C20H26F2N2O2. The van der Waals surface area contributed by atoms with Crippen molar-refractivity contribution in [2.24, 2.45) is 5.73 Å². The maximum absolute atomic E-state index is 15.0. The molecule has 6 heteroatoms. The van der Waals surface area contributed by atoms with Crippen LogP contribution >= 0.6 is 0 Å². The summed E-state index contributed by atoms with van der Waals surface area (Å²) < 4.78 is 29.3. The number of benzene rings is 2. The van der Waals surface area contributed by atoms with E-state index in [9.17, 15) is 14.0 Å². The molecule has 2 atom stereocenters. The molecule has 0 heterocycles. The van der Waals surface area contributed by atoms with E-state index in [-0.39, 0.29) is 26.4 Å². The summed E-state index contributed by atoms with van der Waals surface area (Å²) in [6.45, 7) is 3.58. The van der Waals surface area contributed by atoms with Crippen molar-refractivity contribution < 1.29 is 21.2 Å². The van der Waals surface area contributed by atoms with Crippen molar-refractivity contribution in [3.05, 3.63) is 70.8 Å². The summed E-state index contributed by atoms with van der Waals surface area (Å²) in [5, 5.41) is 3.11. The van der Waals surface area contributed by atoms with Crippen molar-refractivity contribution in [3.63, 3.8) is 0 Å². The highest BCUT2D eigenvalue weighted by atomic mass is 19.1. The number of ketones is 1. The molecule has 0 spiro atoms. The van der Waals surface area contributed by atoms with Gasteiger partial charge < -0.3 is 11.1 Å². The van der Waals surface area contributed by atoms with Crippen molar-refractivity contribution in [2.45, 2.75) is 38.8 Å². The Bertz CT molecular complexity index is 804. The van der Waals surface area contributed by atoms with Gasteiger partial charge >= 0.3 is 0 Å². The Morgan fingerprint density at radius 1 is 1.15 bits per heavy atom. The second-order valence-corrected chi connectivity index (χ2v) is 6.22. The van der Waals surface area contributed by atoms with E-state index in [0.717, 1.165) is 6.07 Å². The third kappa shape index (κ3) is 4.52. The lowest BCUT2D eigenvalue weighted by atomic mass is 9.95. The summed E-state index contributed by atoms with van der Waals surface area (Å²) in [6.07, 6.45) is 0.583. The van der Waals surface area contributed by atoms with Gasteiger partial charge in [0.15, 0.2) is 5.78 Å². The summed E-state index contributed by atoms with van der Waals surface area (Å²) in [5.74, 6) is -2.97. The molecular weight excluding hydrogens is 338 g/mol. The van der Waals surface area contributed by atoms with Gasteiger partial charge in [0, 0.05) is 32.5 Å². The van der Waals surface area contributed by atoms with Gasteiger partial charge in [-0.15, -0.1) is 0 Å². The molecule has 26 heavy (non-hydrogen) atoms. The number of halogens is 2. The van der Waals surface area contributed by atoms with Crippen LogP contribution < -0.4 is 11.1 Å². The minimum absolute atomic E-state index is 0. The molecule has 4 nitrogen and oxygen atoms in total. The van der Waals surface area contributed by atoms with Crippen LogP contribution in [0.3, 0.4) is 0 Å². The first-order valence-electron chi connectivity index (χ1n) is 8.47. The Morgan fingerprint density at radius 2 is 1.81 bits per heavy atom. The summed E-state index contributed by atoms with van der Waals surface area (Å²) in [7, 11) is 0. The van der Waals surface area contributed by atoms with Crippen molar-refractivity contribution in [1.29, 1.82) is 0 Å². The fraction of sp³-hybridized carbons (Fsp3) is 0.300. The van der Waals surface area contributed by atoms with Gasteiger partial charge in [0.05, 0.1) is 5.56 Å². The molecule has 0 saturated carbocycles. The van der Waals surface area contributed by atoms with Gasteiger partial charge in [-0.25, -0.2) is 8.78 Å². The molecule has 2 aromatic rings. The maximum atomic E-state index is 15.0. The second kappa shape index (κ2) is 8.67. The number of rotatable bonds is 8. The summed E-state index contributed by atoms with van der Waals surface area (Å²) in [4.78, 5) is 23.6. The lowest BCUT2D eigenvalue weighted by molar-refractivity contribution is -0.118. The van der Waals surface area contributed by atoms with Gasteiger partial charge in [0.2, 0.25) is 5.91 Å². The Morgan fingerprint density at radius 3 is 2.38 bits per heavy atom. The molecule has 0 unspecified atom stereocenters. The van der Waals surface area contributed by atoms with Crippen LogP contribution in [0.25, 0.3) is 0 Å². The second-order valence-electron chi connectivity index (χ2n) is 6.22. The number of carbonyl (C=O) groups excluding carboxylic acids is 2. The average molecular weight is 364 g/mol. The smallest absolute Gasteiger partial charge is 0.218 e. The summed E-state index contributed by atoms with van der Waals surface area (Å²) >= 11 is 0. The first kappa shape index (κ1) is 19.7. The Hall–Kier alpha value is -2.60. The largest absolute Gasteiger partial charge is 0.370 e. The van der Waals surface area contributed by atoms with Crippen LogP contribution in [0.1, 0.15) is 57.1 Å². The molecule has 0 aliphatic heterocycles. The number of hydrogen-bond donors (Lipinski definition) is 2. The number of hydrogen-bond acceptors (Lipinski definition) is 3. The molecule has 0 aromatic heterocycles. The normalized spacial score (nSPS) is 13.2.